The van der Waals surface area contributed by atoms with Crippen LogP contribution in [0.1, 0.15) is 25.0 Å². The first kappa shape index (κ1) is 12.6. The van der Waals surface area contributed by atoms with Crippen LogP contribution in [0.25, 0.3) is 0 Å². The van der Waals surface area contributed by atoms with E-state index in [1.54, 1.807) is 6.07 Å². The van der Waals surface area contributed by atoms with Gasteiger partial charge in [0.2, 0.25) is 0 Å². The number of nitro groups is 1. The molecule has 7 nitrogen and oxygen atoms in total. The second-order valence-electron chi connectivity index (χ2n) is 4.36. The molecule has 0 saturated carbocycles. The van der Waals surface area contributed by atoms with Crippen molar-refractivity contribution in [2.45, 2.75) is 31.8 Å². The number of hydrogen-bond donors (Lipinski definition) is 1. The third-order valence-corrected chi connectivity index (χ3v) is 3.10. The fourth-order valence-electron chi connectivity index (χ4n) is 2.29. The Morgan fingerprint density at radius 1 is 1.61 bits per heavy atom. The van der Waals surface area contributed by atoms with Crippen molar-refractivity contribution in [3.8, 4) is 0 Å². The minimum atomic E-state index is -0.822. The summed E-state index contributed by atoms with van der Waals surface area (Å²) in [6, 6.07) is 2.87. The lowest BCUT2D eigenvalue weighted by molar-refractivity contribution is -0.402. The fraction of sp³-hybridized carbons (Fsp3) is 0.545. The monoisotopic (exact) mass is 254 g/mol. The molecule has 0 radical (unpaired) electrons. The van der Waals surface area contributed by atoms with Gasteiger partial charge < -0.3 is 9.52 Å². The Morgan fingerprint density at radius 3 is 3.00 bits per heavy atom. The number of carboxylic acids is 1. The molecule has 0 amide bonds. The number of hydrogen-bond acceptors (Lipinski definition) is 5. The zero-order chi connectivity index (χ0) is 13.1. The SMILES string of the molecule is O=C(O)CC1CCCN1Cc1ccc([N+](=O)[O-])o1. The van der Waals surface area contributed by atoms with Crippen molar-refractivity contribution >= 4 is 11.9 Å². The summed E-state index contributed by atoms with van der Waals surface area (Å²) in [6.07, 6.45) is 1.89. The van der Waals surface area contributed by atoms with E-state index in [0.29, 0.717) is 12.3 Å². The van der Waals surface area contributed by atoms with E-state index >= 15 is 0 Å². The first-order valence-electron chi connectivity index (χ1n) is 5.75. The molecule has 2 rings (SSSR count). The summed E-state index contributed by atoms with van der Waals surface area (Å²) < 4.78 is 5.07. The molecule has 1 aromatic rings. The zero-order valence-corrected chi connectivity index (χ0v) is 9.74. The molecule has 18 heavy (non-hydrogen) atoms. The number of furan rings is 1. The lowest BCUT2D eigenvalue weighted by Crippen LogP contribution is -2.30. The largest absolute Gasteiger partial charge is 0.481 e. The lowest BCUT2D eigenvalue weighted by Gasteiger charge is -2.21. The molecular weight excluding hydrogens is 240 g/mol. The Hall–Kier alpha value is -1.89. The molecule has 1 N–H and O–H groups in total. The Balaban J connectivity index is 1.99. The molecule has 1 atom stereocenters. The number of aliphatic carboxylic acids is 1. The van der Waals surface area contributed by atoms with E-state index in [0.717, 1.165) is 19.4 Å². The van der Waals surface area contributed by atoms with Crippen molar-refractivity contribution in [1.82, 2.24) is 4.90 Å². The van der Waals surface area contributed by atoms with Gasteiger partial charge in [0, 0.05) is 6.04 Å². The number of rotatable bonds is 5. The average Bonchev–Trinajstić information content (AvgIpc) is 2.89. The third kappa shape index (κ3) is 2.86. The minimum absolute atomic E-state index is 0.00773. The maximum atomic E-state index is 10.7. The molecule has 1 unspecified atom stereocenters. The predicted octanol–water partition coefficient (Wildman–Crippen LogP) is 1.63. The van der Waals surface area contributed by atoms with Crippen LogP contribution in [-0.4, -0.2) is 33.5 Å². The van der Waals surface area contributed by atoms with E-state index in [9.17, 15) is 14.9 Å². The number of carboxylic acid groups (broad SMARTS) is 1. The summed E-state index contributed by atoms with van der Waals surface area (Å²) in [4.78, 5) is 22.6. The average molecular weight is 254 g/mol. The summed E-state index contributed by atoms with van der Waals surface area (Å²) in [5.41, 5.74) is 0. The number of nitrogens with zero attached hydrogens (tertiary/aromatic N) is 2. The normalized spacial score (nSPS) is 20.1. The van der Waals surface area contributed by atoms with Gasteiger partial charge in [0.25, 0.3) is 0 Å². The molecule has 98 valence electrons. The Labute approximate surface area is 103 Å². The first-order valence-corrected chi connectivity index (χ1v) is 5.75. The van der Waals surface area contributed by atoms with Gasteiger partial charge in [-0.3, -0.25) is 19.8 Å². The highest BCUT2D eigenvalue weighted by Crippen LogP contribution is 2.24. The van der Waals surface area contributed by atoms with Crippen molar-refractivity contribution in [2.75, 3.05) is 6.54 Å². The molecule has 1 aliphatic heterocycles. The highest BCUT2D eigenvalue weighted by atomic mass is 16.6. The molecule has 1 saturated heterocycles. The van der Waals surface area contributed by atoms with Gasteiger partial charge in [-0.2, -0.15) is 0 Å². The summed E-state index contributed by atoms with van der Waals surface area (Å²) in [5.74, 6) is -0.602. The maximum absolute atomic E-state index is 10.7. The van der Waals surface area contributed by atoms with Crippen LogP contribution in [0.5, 0.6) is 0 Å². The summed E-state index contributed by atoms with van der Waals surface area (Å²) in [7, 11) is 0. The quantitative estimate of drug-likeness (QED) is 0.633. The van der Waals surface area contributed by atoms with Gasteiger partial charge in [-0.25, -0.2) is 0 Å². The van der Waals surface area contributed by atoms with Crippen LogP contribution in [0.3, 0.4) is 0 Å². The fourth-order valence-corrected chi connectivity index (χ4v) is 2.29. The van der Waals surface area contributed by atoms with Crippen LogP contribution in [0, 0.1) is 10.1 Å². The zero-order valence-electron chi connectivity index (χ0n) is 9.74. The first-order chi connectivity index (χ1) is 8.56. The summed E-state index contributed by atoms with van der Waals surface area (Å²) in [6.45, 7) is 1.22. The van der Waals surface area contributed by atoms with E-state index in [1.807, 2.05) is 4.90 Å². The molecule has 0 spiro atoms. The molecular formula is C11H14N2O5. The highest BCUT2D eigenvalue weighted by molar-refractivity contribution is 5.67. The predicted molar refractivity (Wildman–Crippen MR) is 61.0 cm³/mol. The Bertz CT molecular complexity index is 456. The van der Waals surface area contributed by atoms with Crippen molar-refractivity contribution in [3.05, 3.63) is 28.0 Å². The second-order valence-corrected chi connectivity index (χ2v) is 4.36. The van der Waals surface area contributed by atoms with E-state index in [-0.39, 0.29) is 18.3 Å². The molecule has 1 fully saturated rings. The second kappa shape index (κ2) is 5.18. The van der Waals surface area contributed by atoms with Crippen LogP contribution in [0.2, 0.25) is 0 Å². The van der Waals surface area contributed by atoms with Crippen molar-refractivity contribution < 1.29 is 19.2 Å². The van der Waals surface area contributed by atoms with Gasteiger partial charge >= 0.3 is 11.9 Å². The van der Waals surface area contributed by atoms with Crippen LogP contribution in [-0.2, 0) is 11.3 Å². The highest BCUT2D eigenvalue weighted by Gasteiger charge is 2.27. The Morgan fingerprint density at radius 2 is 2.39 bits per heavy atom. The van der Waals surface area contributed by atoms with Gasteiger partial charge in [0.05, 0.1) is 19.0 Å². The van der Waals surface area contributed by atoms with E-state index < -0.39 is 10.9 Å². The molecule has 0 aromatic carbocycles. The van der Waals surface area contributed by atoms with Crippen LogP contribution >= 0.6 is 0 Å². The molecule has 0 aliphatic carbocycles. The third-order valence-electron chi connectivity index (χ3n) is 3.10. The molecule has 0 bridgehead atoms. The van der Waals surface area contributed by atoms with Crippen molar-refractivity contribution in [3.63, 3.8) is 0 Å². The smallest absolute Gasteiger partial charge is 0.433 e. The van der Waals surface area contributed by atoms with Gasteiger partial charge in [-0.15, -0.1) is 0 Å². The van der Waals surface area contributed by atoms with Crippen molar-refractivity contribution in [2.24, 2.45) is 0 Å². The lowest BCUT2D eigenvalue weighted by atomic mass is 10.1. The number of carbonyl (C=O) groups is 1. The van der Waals surface area contributed by atoms with Crippen LogP contribution in [0.4, 0.5) is 5.88 Å². The van der Waals surface area contributed by atoms with Gasteiger partial charge in [0.15, 0.2) is 0 Å². The Kier molecular flexibility index (Phi) is 3.61. The molecule has 2 heterocycles. The topological polar surface area (TPSA) is 96.8 Å². The maximum Gasteiger partial charge on any atom is 0.433 e. The van der Waals surface area contributed by atoms with Gasteiger partial charge in [0.1, 0.15) is 10.7 Å². The van der Waals surface area contributed by atoms with Crippen LogP contribution in [0.15, 0.2) is 16.5 Å². The van der Waals surface area contributed by atoms with E-state index in [2.05, 4.69) is 0 Å². The van der Waals surface area contributed by atoms with Gasteiger partial charge in [-0.05, 0) is 25.5 Å². The molecule has 1 aromatic heterocycles. The summed E-state index contributed by atoms with van der Waals surface area (Å²) >= 11 is 0. The minimum Gasteiger partial charge on any atom is -0.481 e. The standard InChI is InChI=1S/C11H14N2O5/c14-11(15)6-8-2-1-5-12(8)7-9-3-4-10(18-9)13(16)17/h3-4,8H,1-2,5-7H2,(H,14,15). The van der Waals surface area contributed by atoms with Crippen molar-refractivity contribution in [1.29, 1.82) is 0 Å². The molecule has 1 aliphatic rings. The van der Waals surface area contributed by atoms with E-state index in [1.165, 1.54) is 6.07 Å². The summed E-state index contributed by atoms with van der Waals surface area (Å²) in [5, 5.41) is 19.3. The van der Waals surface area contributed by atoms with Gasteiger partial charge in [-0.1, -0.05) is 0 Å². The van der Waals surface area contributed by atoms with Crippen LogP contribution < -0.4 is 0 Å². The molecule has 7 heteroatoms. The van der Waals surface area contributed by atoms with E-state index in [4.69, 9.17) is 9.52 Å². The number of likely N-dealkylation sites (tertiary alicyclic amines) is 1.